The fraction of sp³-hybridized carbons (Fsp3) is 0.231. The molecule has 7 rings (SSSR count). The molecule has 1 aliphatic carbocycles. The minimum atomic E-state index is -0.628. The Bertz CT molecular complexity index is 1820. The van der Waals surface area contributed by atoms with Crippen molar-refractivity contribution in [3.05, 3.63) is 167 Å². The predicted molar refractivity (Wildman–Crippen MR) is 173 cm³/mol. The minimum absolute atomic E-state index is 0.250. The molecule has 3 aromatic heterocycles. The van der Waals surface area contributed by atoms with E-state index >= 15 is 0 Å². The number of nitrogens with zero attached hydrogens (tertiary/aromatic N) is 3. The highest BCUT2D eigenvalue weighted by atomic mass is 16.1. The number of rotatable bonds is 7. The zero-order chi connectivity index (χ0) is 29.6. The second-order valence-corrected chi connectivity index (χ2v) is 12.0. The standard InChI is InChI=1S/C39H37N3O/c1-4-38(24-23-33-28(2)35-22-14-15-25-41(35)36(33)37(38)43)26-34-29(3)42(27-40-34)39(30-16-8-5-9-17-30,31-18-10-6-11-19-31)32-20-12-7-13-21-32/h5-22,25,27H,4,23-24,26H2,1-3H3. The van der Waals surface area contributed by atoms with E-state index in [1.165, 1.54) is 11.1 Å². The van der Waals surface area contributed by atoms with Crippen LogP contribution in [-0.2, 0) is 18.4 Å². The number of ketones is 1. The monoisotopic (exact) mass is 563 g/mol. The van der Waals surface area contributed by atoms with Crippen LogP contribution in [0.4, 0.5) is 0 Å². The van der Waals surface area contributed by atoms with Gasteiger partial charge < -0.3 is 8.97 Å². The highest BCUT2D eigenvalue weighted by Crippen LogP contribution is 2.45. The number of carbonyl (C=O) groups is 1. The number of aryl methyl sites for hydroxylation is 1. The number of imidazole rings is 1. The molecule has 1 unspecified atom stereocenters. The molecule has 0 N–H and O–H groups in total. The van der Waals surface area contributed by atoms with Gasteiger partial charge in [-0.3, -0.25) is 4.79 Å². The van der Waals surface area contributed by atoms with Gasteiger partial charge in [0.05, 0.1) is 17.7 Å². The second kappa shape index (κ2) is 10.5. The molecule has 3 heterocycles. The Morgan fingerprint density at radius 2 is 1.35 bits per heavy atom. The van der Waals surface area contributed by atoms with Crippen LogP contribution in [0.2, 0.25) is 0 Å². The van der Waals surface area contributed by atoms with Crippen LogP contribution in [0.25, 0.3) is 5.52 Å². The Hall–Kier alpha value is -4.70. The van der Waals surface area contributed by atoms with Gasteiger partial charge in [-0.15, -0.1) is 0 Å². The van der Waals surface area contributed by atoms with Gasteiger partial charge in [-0.05, 0) is 73.1 Å². The third-order valence-corrected chi connectivity index (χ3v) is 10.0. The SMILES string of the molecule is CCC1(Cc2ncn(C(c3ccccc3)(c3ccccc3)c3ccccc3)c2C)CCc2c(C)c3ccccn3c2C1=O. The lowest BCUT2D eigenvalue weighted by atomic mass is 9.67. The van der Waals surface area contributed by atoms with E-state index in [4.69, 9.17) is 4.98 Å². The first-order valence-corrected chi connectivity index (χ1v) is 15.3. The third kappa shape index (κ3) is 4.04. The fourth-order valence-corrected chi connectivity index (χ4v) is 7.57. The number of pyridine rings is 1. The van der Waals surface area contributed by atoms with Crippen LogP contribution in [0.1, 0.15) is 69.5 Å². The predicted octanol–water partition coefficient (Wildman–Crippen LogP) is 8.36. The Balaban J connectivity index is 1.39. The number of fused-ring (bicyclic) bond motifs is 3. The van der Waals surface area contributed by atoms with E-state index in [1.807, 2.05) is 18.6 Å². The van der Waals surface area contributed by atoms with Crippen LogP contribution in [0.3, 0.4) is 0 Å². The van der Waals surface area contributed by atoms with Gasteiger partial charge in [-0.2, -0.15) is 0 Å². The van der Waals surface area contributed by atoms with Gasteiger partial charge in [0.15, 0.2) is 5.78 Å². The Kier molecular flexibility index (Phi) is 6.65. The van der Waals surface area contributed by atoms with Gasteiger partial charge in [0.2, 0.25) is 0 Å². The number of carbonyl (C=O) groups excluding carboxylic acids is 1. The largest absolute Gasteiger partial charge is 0.316 e. The van der Waals surface area contributed by atoms with E-state index in [2.05, 4.69) is 133 Å². The van der Waals surface area contributed by atoms with Crippen molar-refractivity contribution in [1.82, 2.24) is 14.0 Å². The molecular formula is C39H37N3O. The van der Waals surface area contributed by atoms with Crippen LogP contribution in [-0.4, -0.2) is 19.7 Å². The second-order valence-electron chi connectivity index (χ2n) is 12.0. The molecule has 0 fully saturated rings. The third-order valence-electron chi connectivity index (χ3n) is 10.0. The van der Waals surface area contributed by atoms with Crippen LogP contribution in [0.5, 0.6) is 0 Å². The molecule has 0 saturated heterocycles. The van der Waals surface area contributed by atoms with Crippen molar-refractivity contribution in [2.45, 2.75) is 52.0 Å². The average molecular weight is 564 g/mol. The number of hydrogen-bond donors (Lipinski definition) is 0. The van der Waals surface area contributed by atoms with Crippen LogP contribution >= 0.6 is 0 Å². The molecule has 0 amide bonds. The van der Waals surface area contributed by atoms with Gasteiger partial charge in [-0.1, -0.05) is 104 Å². The molecule has 43 heavy (non-hydrogen) atoms. The minimum Gasteiger partial charge on any atom is -0.316 e. The summed E-state index contributed by atoms with van der Waals surface area (Å²) in [4.78, 5) is 19.6. The molecule has 4 heteroatoms. The smallest absolute Gasteiger partial charge is 0.186 e. The van der Waals surface area contributed by atoms with E-state index in [1.54, 1.807) is 0 Å². The maximum atomic E-state index is 14.5. The maximum Gasteiger partial charge on any atom is 0.186 e. The Morgan fingerprint density at radius 3 is 1.91 bits per heavy atom. The zero-order valence-corrected chi connectivity index (χ0v) is 25.1. The van der Waals surface area contributed by atoms with Crippen molar-refractivity contribution in [2.75, 3.05) is 0 Å². The van der Waals surface area contributed by atoms with E-state index in [9.17, 15) is 4.79 Å². The average Bonchev–Trinajstić information content (AvgIpc) is 3.57. The number of benzene rings is 3. The summed E-state index contributed by atoms with van der Waals surface area (Å²) in [5.41, 5.74) is 8.87. The molecule has 4 nitrogen and oxygen atoms in total. The fourth-order valence-electron chi connectivity index (χ4n) is 7.57. The van der Waals surface area contributed by atoms with Gasteiger partial charge in [0.1, 0.15) is 5.54 Å². The van der Waals surface area contributed by atoms with Gasteiger partial charge >= 0.3 is 0 Å². The van der Waals surface area contributed by atoms with Crippen LogP contribution < -0.4 is 0 Å². The highest BCUT2D eigenvalue weighted by Gasteiger charge is 2.45. The Morgan fingerprint density at radius 1 is 0.791 bits per heavy atom. The van der Waals surface area contributed by atoms with Crippen molar-refractivity contribution < 1.29 is 4.79 Å². The van der Waals surface area contributed by atoms with Crippen LogP contribution in [0, 0.1) is 19.3 Å². The highest BCUT2D eigenvalue weighted by molar-refractivity contribution is 6.03. The summed E-state index contributed by atoms with van der Waals surface area (Å²) in [7, 11) is 0. The summed E-state index contributed by atoms with van der Waals surface area (Å²) in [6, 6.07) is 38.3. The van der Waals surface area contributed by atoms with Gasteiger partial charge in [0.25, 0.3) is 0 Å². The van der Waals surface area contributed by atoms with Gasteiger partial charge in [-0.25, -0.2) is 4.98 Å². The molecule has 0 saturated carbocycles. The molecule has 1 atom stereocenters. The number of Topliss-reactive ketones (excluding diaryl/α,β-unsaturated/α-hetero) is 1. The quantitative estimate of drug-likeness (QED) is 0.183. The Labute approximate surface area is 253 Å². The molecule has 0 radical (unpaired) electrons. The lowest BCUT2D eigenvalue weighted by Crippen LogP contribution is -2.39. The summed E-state index contributed by atoms with van der Waals surface area (Å²) < 4.78 is 4.45. The first kappa shape index (κ1) is 27.2. The first-order chi connectivity index (χ1) is 21.0. The number of aromatic nitrogens is 3. The molecule has 0 spiro atoms. The lowest BCUT2D eigenvalue weighted by molar-refractivity contribution is 0.0736. The van der Waals surface area contributed by atoms with E-state index in [-0.39, 0.29) is 5.78 Å². The number of hydrogen-bond acceptors (Lipinski definition) is 2. The lowest BCUT2D eigenvalue weighted by Gasteiger charge is -2.39. The summed E-state index contributed by atoms with van der Waals surface area (Å²) in [5, 5.41) is 0. The first-order valence-electron chi connectivity index (χ1n) is 15.3. The topological polar surface area (TPSA) is 39.3 Å². The van der Waals surface area contributed by atoms with E-state index < -0.39 is 11.0 Å². The molecule has 3 aromatic carbocycles. The molecular weight excluding hydrogens is 526 g/mol. The zero-order valence-electron chi connectivity index (χ0n) is 25.1. The van der Waals surface area contributed by atoms with Crippen molar-refractivity contribution in [3.63, 3.8) is 0 Å². The van der Waals surface area contributed by atoms with Crippen molar-refractivity contribution in [1.29, 1.82) is 0 Å². The van der Waals surface area contributed by atoms with E-state index in [0.29, 0.717) is 6.42 Å². The summed E-state index contributed by atoms with van der Waals surface area (Å²) in [5.74, 6) is 0.250. The molecule has 0 aliphatic heterocycles. The van der Waals surface area contributed by atoms with Crippen molar-refractivity contribution in [3.8, 4) is 0 Å². The molecule has 1 aliphatic rings. The maximum absolute atomic E-state index is 14.5. The summed E-state index contributed by atoms with van der Waals surface area (Å²) >= 11 is 0. The molecule has 6 aromatic rings. The molecule has 214 valence electrons. The van der Waals surface area contributed by atoms with E-state index in [0.717, 1.165) is 58.6 Å². The van der Waals surface area contributed by atoms with Crippen molar-refractivity contribution in [2.24, 2.45) is 5.41 Å². The molecule has 0 bridgehead atoms. The normalized spacial score (nSPS) is 16.9. The van der Waals surface area contributed by atoms with Gasteiger partial charge in [0, 0.05) is 29.2 Å². The summed E-state index contributed by atoms with van der Waals surface area (Å²) in [6.45, 7) is 6.49. The van der Waals surface area contributed by atoms with Crippen molar-refractivity contribution >= 4 is 11.3 Å². The van der Waals surface area contributed by atoms with Crippen LogP contribution in [0.15, 0.2) is 122 Å². The summed E-state index contributed by atoms with van der Waals surface area (Å²) in [6.07, 6.45) is 7.17.